The lowest BCUT2D eigenvalue weighted by atomic mass is 9.92. The molecule has 58 heavy (non-hydrogen) atoms. The van der Waals surface area contributed by atoms with E-state index >= 15 is 0 Å². The highest BCUT2D eigenvalue weighted by Gasteiger charge is 2.35. The van der Waals surface area contributed by atoms with E-state index in [4.69, 9.17) is 15.2 Å². The Labute approximate surface area is 328 Å². The van der Waals surface area contributed by atoms with Gasteiger partial charge in [0.05, 0.1) is 48.2 Å². The zero-order valence-corrected chi connectivity index (χ0v) is 31.3. The van der Waals surface area contributed by atoms with Crippen molar-refractivity contribution in [3.8, 4) is 22.6 Å². The molecular weight excluding hydrogens is 773 g/mol. The Balaban J connectivity index is 1.16. The van der Waals surface area contributed by atoms with E-state index in [-0.39, 0.29) is 39.7 Å². The third-order valence-electron chi connectivity index (χ3n) is 8.92. The van der Waals surface area contributed by atoms with Gasteiger partial charge in [-0.2, -0.15) is 23.7 Å². The van der Waals surface area contributed by atoms with Gasteiger partial charge >= 0.3 is 5.97 Å². The molecule has 0 atom stereocenters. The fourth-order valence-corrected chi connectivity index (χ4v) is 6.60. The minimum atomic E-state index is -5.02. The van der Waals surface area contributed by atoms with Crippen LogP contribution in [-0.4, -0.2) is 76.7 Å². The molecule has 0 aliphatic heterocycles. The summed E-state index contributed by atoms with van der Waals surface area (Å²) in [5, 5.41) is 36.5. The predicted molar refractivity (Wildman–Crippen MR) is 214 cm³/mol. The summed E-state index contributed by atoms with van der Waals surface area (Å²) in [6.45, 7) is 1.63. The van der Waals surface area contributed by atoms with Crippen LogP contribution in [0.1, 0.15) is 22.8 Å². The second-order valence-electron chi connectivity index (χ2n) is 12.6. The predicted octanol–water partition coefficient (Wildman–Crippen LogP) is 5.84. The first-order valence-corrected chi connectivity index (χ1v) is 18.3. The number of carbonyl (C=O) groups excluding carboxylic acids is 2. The van der Waals surface area contributed by atoms with Gasteiger partial charge in [0.25, 0.3) is 10.1 Å². The van der Waals surface area contributed by atoms with Crippen LogP contribution in [-0.2, 0) is 19.7 Å². The van der Waals surface area contributed by atoms with Crippen LogP contribution in [0.3, 0.4) is 0 Å². The number of aromatic nitrogens is 3. The number of carbonyl (C=O) groups is 3. The number of benzene rings is 4. The van der Waals surface area contributed by atoms with Crippen LogP contribution in [0.5, 0.6) is 11.5 Å². The number of hydrazone groups is 2. The third kappa shape index (κ3) is 7.54. The molecule has 7 N–H and O–H groups in total. The smallest absolute Gasteiger partial charge is 0.339 e. The lowest BCUT2D eigenvalue weighted by molar-refractivity contribution is -0.134. The van der Waals surface area contributed by atoms with Crippen LogP contribution in [0.25, 0.3) is 28.2 Å². The fraction of sp³-hybridized carbons (Fsp3) is 0.0789. The number of aliphatic carboxylic acids is 1. The Morgan fingerprint density at radius 3 is 2.17 bits per heavy atom. The van der Waals surface area contributed by atoms with E-state index < -0.39 is 43.8 Å². The number of allylic oxidation sites excluding steroid dienone is 4. The SMILES string of the molecule is COc1cc(-c2ccc(N/N=C3\C(=O)c4ccc(N)c(N=Nc5ccc6nn[nH]c6c5)c4C=C3S(=O)(=O)O)c(OC)c2)ccc1N/N=C1\C=C(C(=O)O)C(=O)C=C1C. The number of Topliss-reactive ketones (excluding diaryl/α,β-unsaturated/α-hetero) is 1. The summed E-state index contributed by atoms with van der Waals surface area (Å²) in [5.74, 6) is -2.19. The minimum absolute atomic E-state index is 0.00604. The summed E-state index contributed by atoms with van der Waals surface area (Å²) in [4.78, 5) is 36.5. The number of nitrogen functional groups attached to an aromatic ring is 1. The summed E-state index contributed by atoms with van der Waals surface area (Å²) in [7, 11) is -2.16. The number of nitrogens with zero attached hydrogens (tertiary/aromatic N) is 6. The molecule has 0 saturated heterocycles. The molecule has 0 saturated carbocycles. The largest absolute Gasteiger partial charge is 0.494 e. The quantitative estimate of drug-likeness (QED) is 0.0228. The number of methoxy groups -OCH3 is 2. The Morgan fingerprint density at radius 2 is 1.53 bits per heavy atom. The first-order valence-electron chi connectivity index (χ1n) is 16.9. The Bertz CT molecular complexity index is 2890. The third-order valence-corrected chi connectivity index (χ3v) is 9.79. The van der Waals surface area contributed by atoms with Crippen LogP contribution in [0, 0.1) is 0 Å². The second kappa shape index (κ2) is 15.4. The second-order valence-corrected chi connectivity index (χ2v) is 13.9. The van der Waals surface area contributed by atoms with Crippen molar-refractivity contribution in [2.75, 3.05) is 30.8 Å². The van der Waals surface area contributed by atoms with Crippen LogP contribution >= 0.6 is 0 Å². The molecule has 0 unspecified atom stereocenters. The summed E-state index contributed by atoms with van der Waals surface area (Å²) >= 11 is 0. The number of nitrogens with one attached hydrogen (secondary N) is 3. The minimum Gasteiger partial charge on any atom is -0.494 e. The first-order chi connectivity index (χ1) is 27.7. The van der Waals surface area contributed by atoms with Gasteiger partial charge in [0.1, 0.15) is 33.2 Å². The summed E-state index contributed by atoms with van der Waals surface area (Å²) < 4.78 is 46.7. The Kier molecular flexibility index (Phi) is 10.2. The molecule has 2 aliphatic carbocycles. The lowest BCUT2D eigenvalue weighted by Gasteiger charge is -2.18. The standard InChI is InChI=1S/C38H30N10O9S/c1-18-12-31(49)24(38(51)52)16-29(18)43-41-27-9-4-19(13-32(27)56-2)20-5-10-28(33(14-20)57-3)42-47-36-34(58(53,54)55)17-23-22(37(36)50)7-8-25(39)35(23)46-40-21-6-11-26-30(15-21)45-48-44-26/h4-17,41-42H,39H2,1-3H3,(H,51,52)(H,44,45,48)(H,53,54,55)/b43-29+,46-40?,47-36-. The monoisotopic (exact) mass is 802 g/mol. The molecule has 0 amide bonds. The number of nitrogens with two attached hydrogens (primary N) is 1. The fourth-order valence-electron chi connectivity index (χ4n) is 5.95. The number of rotatable bonds is 11. The molecule has 0 bridgehead atoms. The molecule has 7 rings (SSSR count). The van der Waals surface area contributed by atoms with Crippen molar-refractivity contribution in [3.05, 3.63) is 106 Å². The molecule has 20 heteroatoms. The number of fused-ring (bicyclic) bond motifs is 2. The maximum absolute atomic E-state index is 13.8. The van der Waals surface area contributed by atoms with Crippen molar-refractivity contribution in [2.24, 2.45) is 20.4 Å². The van der Waals surface area contributed by atoms with E-state index in [1.165, 1.54) is 38.5 Å². The maximum atomic E-state index is 13.8. The highest BCUT2D eigenvalue weighted by Crippen LogP contribution is 2.39. The average Bonchev–Trinajstić information content (AvgIpc) is 3.67. The Hall–Kier alpha value is -7.84. The van der Waals surface area contributed by atoms with Crippen molar-refractivity contribution in [2.45, 2.75) is 6.92 Å². The molecule has 1 heterocycles. The average molecular weight is 803 g/mol. The summed E-state index contributed by atoms with van der Waals surface area (Å²) in [5.41, 5.74) is 15.2. The van der Waals surface area contributed by atoms with Gasteiger partial charge in [-0.1, -0.05) is 17.3 Å². The highest BCUT2D eigenvalue weighted by molar-refractivity contribution is 7.91. The van der Waals surface area contributed by atoms with E-state index in [9.17, 15) is 32.5 Å². The van der Waals surface area contributed by atoms with Crippen molar-refractivity contribution in [1.29, 1.82) is 0 Å². The van der Waals surface area contributed by atoms with E-state index in [1.54, 1.807) is 61.5 Å². The van der Waals surface area contributed by atoms with Crippen molar-refractivity contribution >= 4 is 84.6 Å². The molecule has 1 aromatic heterocycles. The number of hydrogen-bond acceptors (Lipinski definition) is 16. The normalized spacial score (nSPS) is 15.6. The number of carboxylic acid groups (broad SMARTS) is 1. The first kappa shape index (κ1) is 38.4. The van der Waals surface area contributed by atoms with E-state index in [2.05, 4.69) is 46.7 Å². The molecule has 0 radical (unpaired) electrons. The summed E-state index contributed by atoms with van der Waals surface area (Å²) in [6, 6.07) is 17.9. The van der Waals surface area contributed by atoms with E-state index in [0.29, 0.717) is 44.9 Å². The number of aromatic amines is 1. The van der Waals surface area contributed by atoms with Crippen LogP contribution in [0.4, 0.5) is 28.4 Å². The van der Waals surface area contributed by atoms with Crippen LogP contribution in [0.15, 0.2) is 115 Å². The maximum Gasteiger partial charge on any atom is 0.339 e. The molecule has 4 aromatic carbocycles. The van der Waals surface area contributed by atoms with Gasteiger partial charge in [-0.15, -0.1) is 10.2 Å². The number of H-pyrrole nitrogens is 1. The summed E-state index contributed by atoms with van der Waals surface area (Å²) in [6.07, 6.45) is 3.44. The zero-order valence-electron chi connectivity index (χ0n) is 30.5. The number of anilines is 3. The van der Waals surface area contributed by atoms with Crippen molar-refractivity contribution in [3.63, 3.8) is 0 Å². The Morgan fingerprint density at radius 1 is 0.862 bits per heavy atom. The molecule has 0 spiro atoms. The molecule has 2 aliphatic rings. The van der Waals surface area contributed by atoms with E-state index in [0.717, 1.165) is 6.08 Å². The number of ketones is 2. The van der Waals surface area contributed by atoms with Gasteiger partial charge in [-0.05, 0) is 96.4 Å². The highest BCUT2D eigenvalue weighted by atomic mass is 32.2. The lowest BCUT2D eigenvalue weighted by Crippen LogP contribution is -2.27. The number of hydrogen-bond donors (Lipinski definition) is 6. The van der Waals surface area contributed by atoms with Gasteiger partial charge in [0, 0.05) is 11.1 Å². The van der Waals surface area contributed by atoms with Gasteiger partial charge in [0.2, 0.25) is 5.78 Å². The van der Waals surface area contributed by atoms with Crippen molar-refractivity contribution in [1.82, 2.24) is 15.4 Å². The van der Waals surface area contributed by atoms with Gasteiger partial charge in [-0.25, -0.2) is 4.79 Å². The van der Waals surface area contributed by atoms with Crippen LogP contribution in [0.2, 0.25) is 0 Å². The van der Waals surface area contributed by atoms with Crippen molar-refractivity contribution < 1.29 is 41.9 Å². The molecule has 5 aromatic rings. The topological polar surface area (TPSA) is 285 Å². The molecule has 19 nitrogen and oxygen atoms in total. The van der Waals surface area contributed by atoms with Gasteiger partial charge in [-0.3, -0.25) is 30.1 Å². The molecule has 0 fully saturated rings. The van der Waals surface area contributed by atoms with E-state index in [1.807, 2.05) is 0 Å². The number of carboxylic acids is 1. The van der Waals surface area contributed by atoms with Crippen LogP contribution < -0.4 is 26.1 Å². The molecular formula is C38H30N10O9S. The zero-order chi connectivity index (χ0) is 41.3. The van der Waals surface area contributed by atoms with Gasteiger partial charge in [0.15, 0.2) is 11.5 Å². The molecule has 292 valence electrons. The number of ether oxygens (including phenoxy) is 2. The van der Waals surface area contributed by atoms with Gasteiger partial charge < -0.3 is 20.3 Å². The number of azo groups is 1.